The minimum absolute atomic E-state index is 0. The summed E-state index contributed by atoms with van der Waals surface area (Å²) in [5.74, 6) is -2.63. The number of hydrogen-bond donors (Lipinski definition) is 7. The van der Waals surface area contributed by atoms with Gasteiger partial charge in [0.25, 0.3) is 0 Å². The van der Waals surface area contributed by atoms with E-state index in [2.05, 4.69) is 20.9 Å². The SMILES string of the molecule is Cl.Cl.NCC(=O)NCC(=O)N[C@@H](Cc1ccc(OCc2ccccc2)cc1)C(=O)N[C@@H](CCCN=C(N)N)C(=O)O. The van der Waals surface area contributed by atoms with Gasteiger partial charge in [0.05, 0.1) is 13.1 Å². The molecular weight excluding hydrogens is 577 g/mol. The first-order chi connectivity index (χ1) is 18.7. The fourth-order valence-corrected chi connectivity index (χ4v) is 3.44. The molecule has 0 fully saturated rings. The lowest BCUT2D eigenvalue weighted by atomic mass is 10.0. The molecule has 41 heavy (non-hydrogen) atoms. The van der Waals surface area contributed by atoms with Crippen molar-refractivity contribution >= 4 is 54.5 Å². The Balaban J connectivity index is 0.00000800. The van der Waals surface area contributed by atoms with Crippen LogP contribution >= 0.6 is 24.8 Å². The normalized spacial score (nSPS) is 11.3. The van der Waals surface area contributed by atoms with Crippen molar-refractivity contribution in [1.29, 1.82) is 0 Å². The van der Waals surface area contributed by atoms with E-state index in [1.807, 2.05) is 30.3 Å². The second-order valence-corrected chi connectivity index (χ2v) is 8.57. The molecule has 0 saturated heterocycles. The van der Waals surface area contributed by atoms with Crippen LogP contribution in [0.2, 0.25) is 0 Å². The molecule has 10 N–H and O–H groups in total. The van der Waals surface area contributed by atoms with Gasteiger partial charge in [0.15, 0.2) is 5.96 Å². The maximum absolute atomic E-state index is 13.1. The Bertz CT molecular complexity index is 1130. The van der Waals surface area contributed by atoms with Gasteiger partial charge >= 0.3 is 5.97 Å². The van der Waals surface area contributed by atoms with Crippen molar-refractivity contribution < 1.29 is 29.0 Å². The minimum atomic E-state index is -1.24. The Kier molecular flexibility index (Phi) is 17.9. The second-order valence-electron chi connectivity index (χ2n) is 8.57. The van der Waals surface area contributed by atoms with Gasteiger partial charge in [0.1, 0.15) is 24.4 Å². The molecule has 0 aliphatic carbocycles. The van der Waals surface area contributed by atoms with E-state index in [-0.39, 0.29) is 56.7 Å². The van der Waals surface area contributed by atoms with Crippen LogP contribution in [0.5, 0.6) is 5.75 Å². The Morgan fingerprint density at radius 3 is 2.12 bits per heavy atom. The quantitative estimate of drug-likeness (QED) is 0.0756. The van der Waals surface area contributed by atoms with E-state index in [1.54, 1.807) is 24.3 Å². The molecule has 0 heterocycles. The number of aliphatic imine (C=N–C) groups is 1. The molecule has 2 atom stereocenters. The number of rotatable bonds is 16. The van der Waals surface area contributed by atoms with Crippen molar-refractivity contribution in [2.45, 2.75) is 38.0 Å². The number of carbonyl (C=O) groups is 4. The highest BCUT2D eigenvalue weighted by atomic mass is 35.5. The van der Waals surface area contributed by atoms with Crippen LogP contribution in [0.1, 0.15) is 24.0 Å². The summed E-state index contributed by atoms with van der Waals surface area (Å²) in [6, 6.07) is 14.3. The summed E-state index contributed by atoms with van der Waals surface area (Å²) >= 11 is 0. The van der Waals surface area contributed by atoms with E-state index in [0.717, 1.165) is 5.56 Å². The zero-order valence-corrected chi connectivity index (χ0v) is 23.9. The van der Waals surface area contributed by atoms with Crippen LogP contribution in [0.3, 0.4) is 0 Å². The standard InChI is InChI=1S/C26H35N7O6.2ClH/c27-14-22(34)31-15-23(35)32-21(24(36)33-20(25(37)38)7-4-12-30-26(28)29)13-17-8-10-19(11-9-17)39-16-18-5-2-1-3-6-18;;/h1-3,5-6,8-11,20-21H,4,7,12-16,27H2,(H,31,34)(H,32,35)(H,33,36)(H,37,38)(H4,28,29,30);2*1H/t20-,21-;;/m0../s1. The fraction of sp³-hybridized carbons (Fsp3) is 0.346. The molecule has 2 aromatic carbocycles. The van der Waals surface area contributed by atoms with Crippen LogP contribution in [0, 0.1) is 0 Å². The zero-order valence-electron chi connectivity index (χ0n) is 22.3. The molecule has 0 aliphatic rings. The first-order valence-electron chi connectivity index (χ1n) is 12.3. The predicted molar refractivity (Wildman–Crippen MR) is 159 cm³/mol. The zero-order chi connectivity index (χ0) is 28.6. The van der Waals surface area contributed by atoms with E-state index in [4.69, 9.17) is 21.9 Å². The monoisotopic (exact) mass is 613 g/mol. The summed E-state index contributed by atoms with van der Waals surface area (Å²) in [4.78, 5) is 52.4. The molecule has 0 radical (unpaired) electrons. The largest absolute Gasteiger partial charge is 0.489 e. The number of amides is 3. The van der Waals surface area contributed by atoms with Crippen LogP contribution in [-0.4, -0.2) is 66.5 Å². The summed E-state index contributed by atoms with van der Waals surface area (Å²) in [7, 11) is 0. The lowest BCUT2D eigenvalue weighted by Crippen LogP contribution is -2.54. The fourth-order valence-electron chi connectivity index (χ4n) is 3.44. The highest BCUT2D eigenvalue weighted by Gasteiger charge is 2.26. The molecule has 226 valence electrons. The number of guanidine groups is 1. The van der Waals surface area contributed by atoms with Gasteiger partial charge in [-0.2, -0.15) is 0 Å². The van der Waals surface area contributed by atoms with Gasteiger partial charge in [-0.05, 0) is 36.1 Å². The molecule has 2 rings (SSSR count). The van der Waals surface area contributed by atoms with E-state index in [9.17, 15) is 24.3 Å². The highest BCUT2D eigenvalue weighted by molar-refractivity contribution is 5.92. The lowest BCUT2D eigenvalue weighted by Gasteiger charge is -2.22. The third-order valence-corrected chi connectivity index (χ3v) is 5.45. The van der Waals surface area contributed by atoms with Gasteiger partial charge in [0, 0.05) is 13.0 Å². The Hall–Kier alpha value is -4.07. The van der Waals surface area contributed by atoms with Gasteiger partial charge in [-0.25, -0.2) is 4.79 Å². The number of halogens is 2. The van der Waals surface area contributed by atoms with Gasteiger partial charge in [-0.15, -0.1) is 24.8 Å². The van der Waals surface area contributed by atoms with Gasteiger partial charge in [0.2, 0.25) is 17.7 Å². The van der Waals surface area contributed by atoms with Crippen molar-refractivity contribution in [1.82, 2.24) is 16.0 Å². The Labute approximate surface area is 250 Å². The number of carbonyl (C=O) groups excluding carboxylic acids is 3. The van der Waals surface area contributed by atoms with Crippen LogP contribution < -0.4 is 37.9 Å². The molecule has 0 spiro atoms. The third-order valence-electron chi connectivity index (χ3n) is 5.45. The topological polar surface area (TPSA) is 224 Å². The molecule has 0 unspecified atom stereocenters. The van der Waals surface area contributed by atoms with Crippen molar-refractivity contribution in [3.8, 4) is 5.75 Å². The van der Waals surface area contributed by atoms with E-state index in [0.29, 0.717) is 24.3 Å². The number of nitrogens with zero attached hydrogens (tertiary/aromatic N) is 1. The van der Waals surface area contributed by atoms with E-state index < -0.39 is 42.3 Å². The van der Waals surface area contributed by atoms with Crippen LogP contribution in [0.15, 0.2) is 59.6 Å². The first-order valence-corrected chi connectivity index (χ1v) is 12.3. The maximum atomic E-state index is 13.1. The first kappa shape index (κ1) is 36.9. The average Bonchev–Trinajstić information content (AvgIpc) is 2.92. The number of nitrogens with two attached hydrogens (primary N) is 3. The third kappa shape index (κ3) is 14.8. The number of carboxylic acid groups (broad SMARTS) is 1. The van der Waals surface area contributed by atoms with Crippen molar-refractivity contribution in [3.63, 3.8) is 0 Å². The summed E-state index contributed by atoms with van der Waals surface area (Å²) in [6.45, 7) is -0.111. The van der Waals surface area contributed by atoms with Gasteiger partial charge < -0.3 is 43.0 Å². The molecule has 0 saturated carbocycles. The Morgan fingerprint density at radius 1 is 0.878 bits per heavy atom. The van der Waals surface area contributed by atoms with E-state index in [1.165, 1.54) is 0 Å². The minimum Gasteiger partial charge on any atom is -0.489 e. The van der Waals surface area contributed by atoms with Crippen molar-refractivity contribution in [2.24, 2.45) is 22.2 Å². The van der Waals surface area contributed by atoms with Crippen LogP contribution in [0.4, 0.5) is 0 Å². The van der Waals surface area contributed by atoms with E-state index >= 15 is 0 Å². The predicted octanol–water partition coefficient (Wildman–Crippen LogP) is -0.166. The van der Waals surface area contributed by atoms with Crippen LogP contribution in [-0.2, 0) is 32.2 Å². The number of benzene rings is 2. The average molecular weight is 615 g/mol. The summed E-state index contributed by atoms with van der Waals surface area (Å²) in [6.07, 6.45) is 0.433. The Morgan fingerprint density at radius 2 is 1.54 bits per heavy atom. The molecule has 0 aliphatic heterocycles. The smallest absolute Gasteiger partial charge is 0.326 e. The number of aliphatic carboxylic acids is 1. The molecule has 2 aromatic rings. The van der Waals surface area contributed by atoms with Crippen molar-refractivity contribution in [2.75, 3.05) is 19.6 Å². The van der Waals surface area contributed by atoms with Crippen LogP contribution in [0.25, 0.3) is 0 Å². The summed E-state index contributed by atoms with van der Waals surface area (Å²) in [5.41, 5.74) is 17.5. The van der Waals surface area contributed by atoms with Crippen molar-refractivity contribution in [3.05, 3.63) is 65.7 Å². The molecule has 13 nitrogen and oxygen atoms in total. The molecule has 0 aromatic heterocycles. The summed E-state index contributed by atoms with van der Waals surface area (Å²) in [5, 5.41) is 16.9. The van der Waals surface area contributed by atoms with Gasteiger partial charge in [-0.1, -0.05) is 42.5 Å². The molecule has 3 amide bonds. The molecule has 0 bridgehead atoms. The lowest BCUT2D eigenvalue weighted by molar-refractivity contribution is -0.142. The molecule has 15 heteroatoms. The summed E-state index contributed by atoms with van der Waals surface area (Å²) < 4.78 is 5.78. The highest BCUT2D eigenvalue weighted by Crippen LogP contribution is 2.16. The number of carboxylic acids is 1. The molecular formula is C26H37Cl2N7O6. The number of hydrogen-bond acceptors (Lipinski definition) is 7. The second kappa shape index (κ2) is 19.9. The maximum Gasteiger partial charge on any atom is 0.326 e. The van der Waals surface area contributed by atoms with Gasteiger partial charge in [-0.3, -0.25) is 19.4 Å². The number of nitrogens with one attached hydrogen (secondary N) is 3. The number of ether oxygens (including phenoxy) is 1.